The van der Waals surface area contributed by atoms with E-state index < -0.39 is 0 Å². The van der Waals surface area contributed by atoms with Gasteiger partial charge in [0.25, 0.3) is 0 Å². The zero-order valence-electron chi connectivity index (χ0n) is 6.20. The molecule has 0 saturated heterocycles. The summed E-state index contributed by atoms with van der Waals surface area (Å²) in [6, 6.07) is 9.97. The molecule has 0 spiro atoms. The predicted octanol–water partition coefficient (Wildman–Crippen LogP) is 2.61. The quantitative estimate of drug-likeness (QED) is 0.714. The Morgan fingerprint density at radius 2 is 1.82 bits per heavy atom. The van der Waals surface area contributed by atoms with Gasteiger partial charge in [-0.05, 0) is 12.1 Å². The Morgan fingerprint density at radius 3 is 2.00 bits per heavy atom. The first-order valence-electron chi connectivity index (χ1n) is 3.23. The van der Waals surface area contributed by atoms with Crippen LogP contribution in [0.5, 0.6) is 0 Å². The molecule has 1 aromatic carbocycles. The van der Waals surface area contributed by atoms with E-state index in [0.717, 1.165) is 4.47 Å². The molecule has 0 bridgehead atoms. The van der Waals surface area contributed by atoms with Gasteiger partial charge in [-0.15, -0.1) is 6.58 Å². The van der Waals surface area contributed by atoms with Crippen molar-refractivity contribution in [3.63, 3.8) is 0 Å². The lowest BCUT2D eigenvalue weighted by Gasteiger charge is -1.80. The third-order valence-electron chi connectivity index (χ3n) is 0.862. The molecule has 0 fully saturated rings. The van der Waals surface area contributed by atoms with Gasteiger partial charge in [0, 0.05) is 4.47 Å². The lowest BCUT2D eigenvalue weighted by Crippen LogP contribution is -1.62. The van der Waals surface area contributed by atoms with Gasteiger partial charge in [-0.2, -0.15) is 0 Å². The number of aliphatic hydroxyl groups excluding tert-OH is 1. The molecule has 0 radical (unpaired) electrons. The second kappa shape index (κ2) is 7.51. The summed E-state index contributed by atoms with van der Waals surface area (Å²) in [5.41, 5.74) is 0. The van der Waals surface area contributed by atoms with Crippen molar-refractivity contribution in [2.24, 2.45) is 0 Å². The van der Waals surface area contributed by atoms with E-state index in [0.29, 0.717) is 0 Å². The second-order valence-corrected chi connectivity index (χ2v) is 2.68. The van der Waals surface area contributed by atoms with Gasteiger partial charge < -0.3 is 5.11 Å². The number of rotatable bonds is 1. The standard InChI is InChI=1S/C6H5Br.C3H6O/c7-6-4-2-1-3-5-6;1-2-3-4/h1-5H;2,4H,1,3H2. The predicted molar refractivity (Wildman–Crippen MR) is 51.4 cm³/mol. The summed E-state index contributed by atoms with van der Waals surface area (Å²) < 4.78 is 1.13. The first-order valence-corrected chi connectivity index (χ1v) is 4.03. The first kappa shape index (κ1) is 10.4. The van der Waals surface area contributed by atoms with Crippen LogP contribution in [0.25, 0.3) is 0 Å². The van der Waals surface area contributed by atoms with Crippen LogP contribution in [0.4, 0.5) is 0 Å². The molecule has 0 unspecified atom stereocenters. The van der Waals surface area contributed by atoms with Gasteiger partial charge in [0.2, 0.25) is 0 Å². The number of aliphatic hydroxyl groups is 1. The molecule has 0 aliphatic carbocycles. The smallest absolute Gasteiger partial charge is 0.0609 e. The van der Waals surface area contributed by atoms with E-state index in [1.54, 1.807) is 0 Å². The monoisotopic (exact) mass is 214 g/mol. The molecular weight excluding hydrogens is 204 g/mol. The number of halogens is 1. The zero-order chi connectivity index (χ0) is 8.53. The van der Waals surface area contributed by atoms with Gasteiger partial charge in [0.15, 0.2) is 0 Å². The van der Waals surface area contributed by atoms with E-state index in [2.05, 4.69) is 22.5 Å². The largest absolute Gasteiger partial charge is 0.392 e. The first-order chi connectivity index (χ1) is 5.31. The summed E-state index contributed by atoms with van der Waals surface area (Å²) in [4.78, 5) is 0. The van der Waals surface area contributed by atoms with Crippen molar-refractivity contribution in [3.8, 4) is 0 Å². The minimum atomic E-state index is 0.0833. The third-order valence-corrected chi connectivity index (χ3v) is 1.39. The highest BCUT2D eigenvalue weighted by molar-refractivity contribution is 9.10. The van der Waals surface area contributed by atoms with E-state index in [9.17, 15) is 0 Å². The average Bonchev–Trinajstić information content (AvgIpc) is 2.07. The summed E-state index contributed by atoms with van der Waals surface area (Å²) in [6.07, 6.45) is 1.43. The Hall–Kier alpha value is -0.600. The topological polar surface area (TPSA) is 20.2 Å². The molecule has 60 valence electrons. The maximum Gasteiger partial charge on any atom is 0.0609 e. The lowest BCUT2D eigenvalue weighted by molar-refractivity contribution is 0.343. The van der Waals surface area contributed by atoms with Crippen LogP contribution in [0.3, 0.4) is 0 Å². The molecular formula is C9H11BrO. The number of hydrogen-bond donors (Lipinski definition) is 1. The maximum atomic E-state index is 7.76. The fourth-order valence-corrected chi connectivity index (χ4v) is 0.720. The molecule has 1 rings (SSSR count). The Morgan fingerprint density at radius 1 is 1.36 bits per heavy atom. The van der Waals surface area contributed by atoms with E-state index in [-0.39, 0.29) is 6.61 Å². The van der Waals surface area contributed by atoms with Crippen LogP contribution in [0.15, 0.2) is 47.5 Å². The Labute approximate surface area is 75.5 Å². The van der Waals surface area contributed by atoms with Gasteiger partial charge in [-0.3, -0.25) is 0 Å². The molecule has 0 saturated carbocycles. The van der Waals surface area contributed by atoms with Crippen LogP contribution in [0.1, 0.15) is 0 Å². The minimum absolute atomic E-state index is 0.0833. The van der Waals surface area contributed by atoms with Gasteiger partial charge in [0.05, 0.1) is 6.61 Å². The zero-order valence-corrected chi connectivity index (χ0v) is 7.79. The fourth-order valence-electron chi connectivity index (χ4n) is 0.415. The summed E-state index contributed by atoms with van der Waals surface area (Å²) in [5, 5.41) is 7.76. The molecule has 1 aromatic rings. The Balaban J connectivity index is 0.000000218. The van der Waals surface area contributed by atoms with Crippen molar-refractivity contribution in [3.05, 3.63) is 47.5 Å². The summed E-state index contributed by atoms with van der Waals surface area (Å²) in [5.74, 6) is 0. The maximum absolute atomic E-state index is 7.76. The minimum Gasteiger partial charge on any atom is -0.392 e. The van der Waals surface area contributed by atoms with Crippen LogP contribution < -0.4 is 0 Å². The molecule has 1 N–H and O–H groups in total. The lowest BCUT2D eigenvalue weighted by atomic mass is 10.4. The van der Waals surface area contributed by atoms with Crippen LogP contribution in [-0.2, 0) is 0 Å². The molecule has 0 aromatic heterocycles. The van der Waals surface area contributed by atoms with Crippen molar-refractivity contribution in [2.45, 2.75) is 0 Å². The molecule has 2 heteroatoms. The summed E-state index contributed by atoms with van der Waals surface area (Å²) >= 11 is 3.31. The van der Waals surface area contributed by atoms with Gasteiger partial charge in [-0.1, -0.05) is 40.2 Å². The van der Waals surface area contributed by atoms with Crippen molar-refractivity contribution < 1.29 is 5.11 Å². The number of benzene rings is 1. The molecule has 0 aliphatic heterocycles. The molecule has 0 atom stereocenters. The van der Waals surface area contributed by atoms with Crippen molar-refractivity contribution in [1.29, 1.82) is 0 Å². The van der Waals surface area contributed by atoms with Crippen LogP contribution >= 0.6 is 15.9 Å². The molecule has 0 aliphatic rings. The van der Waals surface area contributed by atoms with Gasteiger partial charge in [0.1, 0.15) is 0 Å². The third kappa shape index (κ3) is 7.30. The highest BCUT2D eigenvalue weighted by atomic mass is 79.9. The van der Waals surface area contributed by atoms with Crippen LogP contribution in [-0.4, -0.2) is 11.7 Å². The SMILES string of the molecule is Brc1ccccc1.C=CCO. The summed E-state index contributed by atoms with van der Waals surface area (Å²) in [7, 11) is 0. The fraction of sp³-hybridized carbons (Fsp3) is 0.111. The molecule has 1 nitrogen and oxygen atoms in total. The summed E-state index contributed by atoms with van der Waals surface area (Å²) in [6.45, 7) is 3.31. The van der Waals surface area contributed by atoms with Crippen molar-refractivity contribution in [1.82, 2.24) is 0 Å². The molecule has 0 amide bonds. The normalized spacial score (nSPS) is 7.82. The second-order valence-electron chi connectivity index (χ2n) is 1.77. The van der Waals surface area contributed by atoms with Gasteiger partial charge >= 0.3 is 0 Å². The molecule has 0 heterocycles. The van der Waals surface area contributed by atoms with E-state index >= 15 is 0 Å². The Bertz CT molecular complexity index is 184. The van der Waals surface area contributed by atoms with Crippen molar-refractivity contribution in [2.75, 3.05) is 6.61 Å². The van der Waals surface area contributed by atoms with Gasteiger partial charge in [-0.25, -0.2) is 0 Å². The average molecular weight is 215 g/mol. The molecule has 11 heavy (non-hydrogen) atoms. The highest BCUT2D eigenvalue weighted by Gasteiger charge is 1.74. The van der Waals surface area contributed by atoms with Crippen molar-refractivity contribution >= 4 is 15.9 Å². The number of hydrogen-bond acceptors (Lipinski definition) is 1. The van der Waals surface area contributed by atoms with Crippen LogP contribution in [0, 0.1) is 0 Å². The van der Waals surface area contributed by atoms with Crippen LogP contribution in [0.2, 0.25) is 0 Å². The van der Waals surface area contributed by atoms with E-state index in [1.807, 2.05) is 30.3 Å². The van der Waals surface area contributed by atoms with E-state index in [1.165, 1.54) is 6.08 Å². The Kier molecular flexibility index (Phi) is 7.10. The highest BCUT2D eigenvalue weighted by Crippen LogP contribution is 2.05. The van der Waals surface area contributed by atoms with E-state index in [4.69, 9.17) is 5.11 Å².